The Bertz CT molecular complexity index is 1750. The van der Waals surface area contributed by atoms with Crippen molar-refractivity contribution in [3.8, 4) is 0 Å². The molecule has 3 aliphatic rings. The summed E-state index contributed by atoms with van der Waals surface area (Å²) < 4.78 is 29.6. The van der Waals surface area contributed by atoms with E-state index in [1.165, 1.54) is 0 Å². The maximum Gasteiger partial charge on any atom is 0.264 e. The number of hydrogen-bond acceptors (Lipinski definition) is 11. The van der Waals surface area contributed by atoms with Crippen molar-refractivity contribution in [2.45, 2.75) is 93.9 Å². The zero-order valence-corrected chi connectivity index (χ0v) is 29.4. The van der Waals surface area contributed by atoms with Crippen LogP contribution in [0.3, 0.4) is 0 Å². The Hall–Kier alpha value is -3.32. The van der Waals surface area contributed by atoms with Gasteiger partial charge in [-0.3, -0.25) is 14.3 Å². The number of benzene rings is 2. The molecule has 0 aliphatic carbocycles. The van der Waals surface area contributed by atoms with Crippen LogP contribution in [0.2, 0.25) is 23.7 Å². The number of halogens is 2. The van der Waals surface area contributed by atoms with Gasteiger partial charge in [-0.2, -0.15) is 0 Å². The van der Waals surface area contributed by atoms with Crippen molar-refractivity contribution in [2.24, 2.45) is 5.92 Å². The minimum Gasteiger partial charge on any atom is -0.396 e. The van der Waals surface area contributed by atoms with Gasteiger partial charge in [-0.1, -0.05) is 35.9 Å². The van der Waals surface area contributed by atoms with Gasteiger partial charge in [0.05, 0.1) is 24.0 Å². The Kier molecular flexibility index (Phi) is 10.2. The highest BCUT2D eigenvalue weighted by atomic mass is 35.5. The molecule has 6 N–H and O–H groups in total. The van der Waals surface area contributed by atoms with Crippen molar-refractivity contribution in [1.29, 1.82) is 0 Å². The zero-order valence-electron chi connectivity index (χ0n) is 27.7. The van der Waals surface area contributed by atoms with Crippen LogP contribution in [0, 0.1) is 5.92 Å². The van der Waals surface area contributed by atoms with Crippen LogP contribution in [0.5, 0.6) is 0 Å². The number of aromatic nitrogens is 3. The largest absolute Gasteiger partial charge is 0.396 e. The predicted octanol–water partition coefficient (Wildman–Crippen LogP) is 1.62. The van der Waals surface area contributed by atoms with Gasteiger partial charge in [0.2, 0.25) is 8.41 Å². The van der Waals surface area contributed by atoms with E-state index in [-0.39, 0.29) is 24.7 Å². The minimum atomic E-state index is -3.43. The van der Waals surface area contributed by atoms with E-state index in [1.807, 2.05) is 6.92 Å². The summed E-state index contributed by atoms with van der Waals surface area (Å²) in [5, 5.41) is 60.3. The fraction of sp³-hybridized carbons (Fsp3) is 0.515. The third-order valence-electron chi connectivity index (χ3n) is 9.90. The smallest absolute Gasteiger partial charge is 0.264 e. The molecule has 2 fully saturated rings. The van der Waals surface area contributed by atoms with E-state index in [9.17, 15) is 35.1 Å². The summed E-state index contributed by atoms with van der Waals surface area (Å²) in [5.74, 6) is -1.78. The van der Waals surface area contributed by atoms with E-state index in [1.54, 1.807) is 71.3 Å². The molecule has 3 aromatic rings. The second-order valence-electron chi connectivity index (χ2n) is 13.7. The Morgan fingerprint density at radius 3 is 2.60 bits per heavy atom. The fourth-order valence-corrected chi connectivity index (χ4v) is 10.3. The highest BCUT2D eigenvalue weighted by Gasteiger charge is 2.66. The topological polar surface area (TPSA) is 200 Å². The molecule has 50 heavy (non-hydrogen) atoms. The first-order chi connectivity index (χ1) is 23.6. The number of carbonyl (C=O) groups is 2. The Labute approximate surface area is 293 Å². The van der Waals surface area contributed by atoms with Gasteiger partial charge in [-0.05, 0) is 55.4 Å². The van der Waals surface area contributed by atoms with E-state index in [0.29, 0.717) is 46.9 Å². The zero-order chi connectivity index (χ0) is 36.1. The van der Waals surface area contributed by atoms with Crippen LogP contribution in [-0.4, -0.2) is 104 Å². The molecule has 270 valence electrons. The van der Waals surface area contributed by atoms with Crippen LogP contribution in [0.25, 0.3) is 0 Å². The molecule has 0 saturated carbocycles. The molecule has 1 aromatic heterocycles. The van der Waals surface area contributed by atoms with E-state index in [0.717, 1.165) is 0 Å². The number of aliphatic hydroxyl groups is 5. The minimum absolute atomic E-state index is 0.0551. The molecular formula is C33H41ClFN5O9Si. The summed E-state index contributed by atoms with van der Waals surface area (Å²) in [6, 6.07) is 11.7. The van der Waals surface area contributed by atoms with Gasteiger partial charge < -0.3 is 49.3 Å². The van der Waals surface area contributed by atoms with Crippen molar-refractivity contribution in [3.63, 3.8) is 0 Å². The Morgan fingerprint density at radius 2 is 1.88 bits per heavy atom. The molecule has 1 spiro atoms. The number of hydrogen-bond donors (Lipinski definition) is 6. The lowest BCUT2D eigenvalue weighted by Crippen LogP contribution is -2.60. The summed E-state index contributed by atoms with van der Waals surface area (Å²) in [6.45, 7) is 5.46. The van der Waals surface area contributed by atoms with E-state index in [4.69, 9.17) is 21.1 Å². The molecule has 3 aliphatic heterocycles. The molecule has 0 radical (unpaired) electrons. The maximum atomic E-state index is 16.2. The lowest BCUT2D eigenvalue weighted by atomic mass is 9.82. The normalized spacial score (nSPS) is 31.0. The van der Waals surface area contributed by atoms with E-state index >= 15 is 4.11 Å². The second kappa shape index (κ2) is 14.0. The molecule has 0 bridgehead atoms. The van der Waals surface area contributed by atoms with Gasteiger partial charge in [-0.25, -0.2) is 0 Å². The Morgan fingerprint density at radius 1 is 1.12 bits per heavy atom. The molecule has 2 saturated heterocycles. The molecule has 0 unspecified atom stereocenters. The highest BCUT2D eigenvalue weighted by molar-refractivity contribution is 6.72. The second-order valence-corrected chi connectivity index (χ2v) is 17.9. The molecule has 2 amide bonds. The number of anilines is 2. The van der Waals surface area contributed by atoms with Crippen molar-refractivity contribution in [1.82, 2.24) is 15.0 Å². The molecule has 4 heterocycles. The lowest BCUT2D eigenvalue weighted by molar-refractivity contribution is -0.274. The summed E-state index contributed by atoms with van der Waals surface area (Å²) in [6.07, 6.45) is -7.09. The van der Waals surface area contributed by atoms with Crippen LogP contribution in [0.4, 0.5) is 15.5 Å². The van der Waals surface area contributed by atoms with Gasteiger partial charge in [0, 0.05) is 53.5 Å². The van der Waals surface area contributed by atoms with Crippen LogP contribution < -0.4 is 10.2 Å². The first kappa shape index (κ1) is 36.5. The van der Waals surface area contributed by atoms with Crippen LogP contribution >= 0.6 is 11.6 Å². The molecule has 17 heteroatoms. The Balaban J connectivity index is 1.26. The SMILES string of the molecule is C[C@H]1[C@H]([Si](C)(C)F)[C@@H](CCn2cc(CCO)nn2)O[C@]12C(=O)N(Cc1cccc(NC(=O)[C@H]3O[C@@H](O)[C@H](O)[C@@H](O)[C@@H]3O)c1)c1ccc(Cl)cc12. The maximum absolute atomic E-state index is 16.2. The number of carbonyl (C=O) groups excluding carboxylic acids is 2. The number of rotatable bonds is 10. The van der Waals surface area contributed by atoms with Crippen LogP contribution in [0.1, 0.15) is 30.2 Å². The first-order valence-electron chi connectivity index (χ1n) is 16.4. The molecule has 9 atom stereocenters. The third kappa shape index (κ3) is 6.60. The van der Waals surface area contributed by atoms with E-state index < -0.39 is 68.2 Å². The predicted molar refractivity (Wildman–Crippen MR) is 180 cm³/mol. The molecular weight excluding hydrogens is 693 g/mol. The molecule has 14 nitrogen and oxygen atoms in total. The monoisotopic (exact) mass is 733 g/mol. The number of nitrogens with one attached hydrogen (secondary N) is 1. The average Bonchev–Trinajstić information content (AvgIpc) is 3.70. The van der Waals surface area contributed by atoms with Gasteiger partial charge >= 0.3 is 0 Å². The quantitative estimate of drug-likeness (QED) is 0.131. The van der Waals surface area contributed by atoms with Crippen LogP contribution in [0.15, 0.2) is 48.7 Å². The van der Waals surface area contributed by atoms with Crippen molar-refractivity contribution < 1.29 is 48.7 Å². The first-order valence-corrected chi connectivity index (χ1v) is 19.7. The van der Waals surface area contributed by atoms with Gasteiger partial charge in [-0.15, -0.1) is 5.10 Å². The summed E-state index contributed by atoms with van der Waals surface area (Å²) in [7, 11) is -3.43. The van der Waals surface area contributed by atoms with Crippen molar-refractivity contribution in [2.75, 3.05) is 16.8 Å². The van der Waals surface area contributed by atoms with Gasteiger partial charge in [0.1, 0.15) is 18.3 Å². The molecule has 2 aromatic carbocycles. The summed E-state index contributed by atoms with van der Waals surface area (Å²) in [5.41, 5.74) is 0.569. The average molecular weight is 734 g/mol. The standard InChI is InChI=1S/C33H41ClFN5O9Si/c1-17-29(50(2,3)35)24(9-11-39-16-21(10-12-41)37-38-39)49-33(17)22-14-19(34)7-8-23(22)40(32(33)47)15-18-5-4-6-20(13-18)36-30(45)28-26(43)25(42)27(44)31(46)48-28/h4-8,13-14,16-17,24-29,31,41-44,46H,9-12,15H2,1-3H3,(H,36,45)/t17-,24+,25-,26-,27+,28-,29-,31+,33+/m0/s1. The number of nitrogens with zero attached hydrogens (tertiary/aromatic N) is 4. The van der Waals surface area contributed by atoms with Crippen molar-refractivity contribution >= 4 is 43.2 Å². The number of fused-ring (bicyclic) bond motifs is 2. The summed E-state index contributed by atoms with van der Waals surface area (Å²) in [4.78, 5) is 29.2. The number of aryl methyl sites for hydroxylation is 1. The number of ether oxygens (including phenoxy) is 2. The summed E-state index contributed by atoms with van der Waals surface area (Å²) >= 11 is 6.49. The third-order valence-corrected chi connectivity index (χ3v) is 12.6. The highest BCUT2D eigenvalue weighted by Crippen LogP contribution is 2.60. The lowest BCUT2D eigenvalue weighted by Gasteiger charge is -2.37. The fourth-order valence-electron chi connectivity index (χ4n) is 7.60. The van der Waals surface area contributed by atoms with Gasteiger partial charge in [0.15, 0.2) is 18.0 Å². The van der Waals surface area contributed by atoms with Crippen LogP contribution in [-0.2, 0) is 44.2 Å². The number of aliphatic hydroxyl groups excluding tert-OH is 5. The van der Waals surface area contributed by atoms with E-state index in [2.05, 4.69) is 15.6 Å². The molecule has 6 rings (SSSR count). The van der Waals surface area contributed by atoms with Gasteiger partial charge in [0.25, 0.3) is 11.8 Å². The van der Waals surface area contributed by atoms with Crippen molar-refractivity contribution in [3.05, 3.63) is 70.5 Å². The number of amides is 2.